The van der Waals surface area contributed by atoms with Crippen LogP contribution in [-0.4, -0.2) is 5.11 Å². The summed E-state index contributed by atoms with van der Waals surface area (Å²) in [6.45, 7) is 8.78. The van der Waals surface area contributed by atoms with Crippen molar-refractivity contribution < 1.29 is 0 Å². The van der Waals surface area contributed by atoms with Gasteiger partial charge < -0.3 is 10.6 Å². The summed E-state index contributed by atoms with van der Waals surface area (Å²) in [6.07, 6.45) is 0. The van der Waals surface area contributed by atoms with Crippen molar-refractivity contribution in [2.24, 2.45) is 0 Å². The van der Waals surface area contributed by atoms with Gasteiger partial charge in [0.1, 0.15) is 0 Å². The van der Waals surface area contributed by atoms with Gasteiger partial charge in [0, 0.05) is 10.2 Å². The third-order valence-electron chi connectivity index (χ3n) is 3.71. The highest BCUT2D eigenvalue weighted by molar-refractivity contribution is 9.10. The van der Waals surface area contributed by atoms with Gasteiger partial charge in [0.15, 0.2) is 5.11 Å². The molecule has 0 aromatic heterocycles. The molecule has 0 saturated carbocycles. The summed E-state index contributed by atoms with van der Waals surface area (Å²) >= 11 is 8.86. The number of benzene rings is 2. The highest BCUT2D eigenvalue weighted by Crippen LogP contribution is 2.24. The minimum Gasteiger partial charge on any atom is -0.356 e. The summed E-state index contributed by atoms with van der Waals surface area (Å²) in [6, 6.07) is 16.8. The average Bonchev–Trinajstić information content (AvgIpc) is 2.46. The maximum Gasteiger partial charge on any atom is 0.171 e. The predicted molar refractivity (Wildman–Crippen MR) is 107 cm³/mol. The van der Waals surface area contributed by atoms with E-state index in [0.29, 0.717) is 5.11 Å². The van der Waals surface area contributed by atoms with E-state index in [1.54, 1.807) is 0 Å². The Labute approximate surface area is 152 Å². The van der Waals surface area contributed by atoms with E-state index in [4.69, 9.17) is 12.2 Å². The van der Waals surface area contributed by atoms with Crippen LogP contribution in [-0.2, 0) is 5.41 Å². The first-order valence-electron chi connectivity index (χ1n) is 7.69. The fourth-order valence-electron chi connectivity index (χ4n) is 2.29. The minimum atomic E-state index is 0.149. The third kappa shape index (κ3) is 5.33. The van der Waals surface area contributed by atoms with E-state index in [-0.39, 0.29) is 11.5 Å². The molecule has 1 atom stereocenters. The molecule has 0 aliphatic carbocycles. The van der Waals surface area contributed by atoms with E-state index >= 15 is 0 Å². The first kappa shape index (κ1) is 18.0. The van der Waals surface area contributed by atoms with Gasteiger partial charge in [-0.25, -0.2) is 0 Å². The molecule has 0 saturated heterocycles. The third-order valence-corrected chi connectivity index (χ3v) is 4.42. The molecule has 0 fully saturated rings. The Morgan fingerprint density at radius 2 is 1.74 bits per heavy atom. The number of halogens is 1. The van der Waals surface area contributed by atoms with Gasteiger partial charge in [-0.15, -0.1) is 0 Å². The SMILES string of the molecule is C[C@H](NC(=S)Nc1cccc(Br)c1)c1ccc(C(C)(C)C)cc1. The lowest BCUT2D eigenvalue weighted by atomic mass is 9.86. The quantitative estimate of drug-likeness (QED) is 0.647. The Hall–Kier alpha value is -1.39. The first-order valence-corrected chi connectivity index (χ1v) is 8.89. The lowest BCUT2D eigenvalue weighted by Gasteiger charge is -2.21. The summed E-state index contributed by atoms with van der Waals surface area (Å²) in [5, 5.41) is 7.16. The number of hydrogen-bond acceptors (Lipinski definition) is 1. The molecule has 2 nitrogen and oxygen atoms in total. The van der Waals surface area contributed by atoms with Crippen molar-refractivity contribution >= 4 is 38.9 Å². The topological polar surface area (TPSA) is 24.1 Å². The lowest BCUT2D eigenvalue weighted by molar-refractivity contribution is 0.589. The largest absolute Gasteiger partial charge is 0.356 e. The fourth-order valence-corrected chi connectivity index (χ4v) is 2.98. The van der Waals surface area contributed by atoms with Crippen LogP contribution in [0.4, 0.5) is 5.69 Å². The van der Waals surface area contributed by atoms with E-state index in [2.05, 4.69) is 78.5 Å². The van der Waals surface area contributed by atoms with Crippen LogP contribution in [0, 0.1) is 0 Å². The van der Waals surface area contributed by atoms with Gasteiger partial charge in [-0.05, 0) is 53.9 Å². The lowest BCUT2D eigenvalue weighted by Crippen LogP contribution is -2.30. The Balaban J connectivity index is 1.98. The van der Waals surface area contributed by atoms with Gasteiger partial charge in [-0.3, -0.25) is 0 Å². The van der Waals surface area contributed by atoms with E-state index in [0.717, 1.165) is 10.2 Å². The van der Waals surface area contributed by atoms with E-state index in [1.807, 2.05) is 24.3 Å². The van der Waals surface area contributed by atoms with E-state index in [9.17, 15) is 0 Å². The van der Waals surface area contributed by atoms with Crippen molar-refractivity contribution in [3.8, 4) is 0 Å². The zero-order valence-corrected chi connectivity index (χ0v) is 16.4. The maximum atomic E-state index is 5.40. The first-order chi connectivity index (χ1) is 10.8. The molecular weight excluding hydrogens is 368 g/mol. The molecule has 0 aliphatic rings. The normalized spacial score (nSPS) is 12.6. The molecule has 122 valence electrons. The van der Waals surface area contributed by atoms with Crippen molar-refractivity contribution in [1.82, 2.24) is 5.32 Å². The highest BCUT2D eigenvalue weighted by Gasteiger charge is 2.14. The van der Waals surface area contributed by atoms with Crippen molar-refractivity contribution in [2.45, 2.75) is 39.2 Å². The van der Waals surface area contributed by atoms with Gasteiger partial charge in [0.05, 0.1) is 6.04 Å². The molecule has 0 spiro atoms. The second-order valence-electron chi connectivity index (χ2n) is 6.70. The van der Waals surface area contributed by atoms with Crippen molar-refractivity contribution in [1.29, 1.82) is 0 Å². The molecule has 0 unspecified atom stereocenters. The number of rotatable bonds is 3. The molecule has 0 bridgehead atoms. The van der Waals surface area contributed by atoms with Crippen LogP contribution in [0.2, 0.25) is 0 Å². The highest BCUT2D eigenvalue weighted by atomic mass is 79.9. The number of thiocarbonyl (C=S) groups is 1. The van der Waals surface area contributed by atoms with Crippen LogP contribution >= 0.6 is 28.1 Å². The predicted octanol–water partition coefficient (Wildman–Crippen LogP) is 5.79. The molecule has 2 aromatic carbocycles. The molecule has 0 heterocycles. The standard InChI is InChI=1S/C19H23BrN2S/c1-13(14-8-10-15(11-9-14)19(2,3)4)21-18(23)22-17-7-5-6-16(20)12-17/h5-13H,1-4H3,(H2,21,22,23)/t13-/m0/s1. The van der Waals surface area contributed by atoms with Crippen LogP contribution in [0.25, 0.3) is 0 Å². The summed E-state index contributed by atoms with van der Waals surface area (Å²) in [5.74, 6) is 0. The second kappa shape index (κ2) is 7.45. The molecule has 4 heteroatoms. The zero-order valence-electron chi connectivity index (χ0n) is 14.0. The zero-order chi connectivity index (χ0) is 17.0. The van der Waals surface area contributed by atoms with Crippen molar-refractivity contribution in [2.75, 3.05) is 5.32 Å². The molecule has 2 rings (SSSR count). The van der Waals surface area contributed by atoms with Crippen molar-refractivity contribution in [3.05, 3.63) is 64.1 Å². The smallest absolute Gasteiger partial charge is 0.171 e. The molecule has 23 heavy (non-hydrogen) atoms. The summed E-state index contributed by atoms with van der Waals surface area (Å²) in [4.78, 5) is 0. The molecule has 0 aliphatic heterocycles. The van der Waals surface area contributed by atoms with E-state index < -0.39 is 0 Å². The Morgan fingerprint density at radius 3 is 2.30 bits per heavy atom. The monoisotopic (exact) mass is 390 g/mol. The number of nitrogens with one attached hydrogen (secondary N) is 2. The Morgan fingerprint density at radius 1 is 1.09 bits per heavy atom. The van der Waals surface area contributed by atoms with Gasteiger partial charge >= 0.3 is 0 Å². The molecular formula is C19H23BrN2S. The Kier molecular flexibility index (Phi) is 5.82. The van der Waals surface area contributed by atoms with Gasteiger partial charge in [-0.1, -0.05) is 67.0 Å². The molecule has 0 amide bonds. The van der Waals surface area contributed by atoms with Crippen LogP contribution in [0.5, 0.6) is 0 Å². The fraction of sp³-hybridized carbons (Fsp3) is 0.316. The second-order valence-corrected chi connectivity index (χ2v) is 8.03. The van der Waals surface area contributed by atoms with E-state index in [1.165, 1.54) is 11.1 Å². The van der Waals surface area contributed by atoms with Crippen LogP contribution in [0.3, 0.4) is 0 Å². The van der Waals surface area contributed by atoms with Crippen LogP contribution in [0.1, 0.15) is 44.9 Å². The van der Waals surface area contributed by atoms with Crippen LogP contribution in [0.15, 0.2) is 53.0 Å². The summed E-state index contributed by atoms with van der Waals surface area (Å²) in [5.41, 5.74) is 3.69. The number of anilines is 1. The molecule has 2 N–H and O–H groups in total. The minimum absolute atomic E-state index is 0.149. The summed E-state index contributed by atoms with van der Waals surface area (Å²) < 4.78 is 1.02. The van der Waals surface area contributed by atoms with Crippen LogP contribution < -0.4 is 10.6 Å². The Bertz CT molecular complexity index is 675. The van der Waals surface area contributed by atoms with Gasteiger partial charge in [0.25, 0.3) is 0 Å². The molecule has 0 radical (unpaired) electrons. The van der Waals surface area contributed by atoms with Gasteiger partial charge in [-0.2, -0.15) is 0 Å². The summed E-state index contributed by atoms with van der Waals surface area (Å²) in [7, 11) is 0. The average molecular weight is 391 g/mol. The maximum absolute atomic E-state index is 5.40. The molecule has 2 aromatic rings. The number of hydrogen-bond donors (Lipinski definition) is 2. The van der Waals surface area contributed by atoms with Crippen molar-refractivity contribution in [3.63, 3.8) is 0 Å². The van der Waals surface area contributed by atoms with Gasteiger partial charge in [0.2, 0.25) is 0 Å².